The van der Waals surface area contributed by atoms with Gasteiger partial charge in [0.1, 0.15) is 5.52 Å². The SMILES string of the molecule is CCCCCCc1c2cccc(C(=O)Nc3cc(F)c4nc(C)cn4c3)c2nn1C. The maximum absolute atomic E-state index is 14.3. The minimum Gasteiger partial charge on any atom is -0.320 e. The van der Waals surface area contributed by atoms with Crippen LogP contribution in [-0.4, -0.2) is 25.1 Å². The number of benzene rings is 1. The van der Waals surface area contributed by atoms with Gasteiger partial charge >= 0.3 is 0 Å². The molecule has 156 valence electrons. The highest BCUT2D eigenvalue weighted by molar-refractivity contribution is 6.12. The van der Waals surface area contributed by atoms with Crippen LogP contribution in [0, 0.1) is 12.7 Å². The van der Waals surface area contributed by atoms with E-state index in [1.807, 2.05) is 23.9 Å². The van der Waals surface area contributed by atoms with Crippen LogP contribution in [0.4, 0.5) is 10.1 Å². The highest BCUT2D eigenvalue weighted by Crippen LogP contribution is 2.24. The number of nitrogens with zero attached hydrogens (tertiary/aromatic N) is 4. The van der Waals surface area contributed by atoms with E-state index >= 15 is 0 Å². The minimum absolute atomic E-state index is 0.241. The van der Waals surface area contributed by atoms with Crippen molar-refractivity contribution < 1.29 is 9.18 Å². The zero-order chi connectivity index (χ0) is 21.3. The number of aromatic nitrogens is 4. The largest absolute Gasteiger partial charge is 0.320 e. The zero-order valence-corrected chi connectivity index (χ0v) is 17.6. The van der Waals surface area contributed by atoms with Crippen LogP contribution in [0.15, 0.2) is 36.7 Å². The van der Waals surface area contributed by atoms with Gasteiger partial charge in [0.15, 0.2) is 11.5 Å². The summed E-state index contributed by atoms with van der Waals surface area (Å²) < 4.78 is 17.8. The number of unbranched alkanes of at least 4 members (excludes halogenated alkanes) is 3. The van der Waals surface area contributed by atoms with Crippen LogP contribution in [0.2, 0.25) is 0 Å². The van der Waals surface area contributed by atoms with E-state index in [0.717, 1.165) is 23.9 Å². The molecule has 7 heteroatoms. The second kappa shape index (κ2) is 8.26. The molecule has 30 heavy (non-hydrogen) atoms. The van der Waals surface area contributed by atoms with Crippen molar-refractivity contribution >= 4 is 28.1 Å². The number of aryl methyl sites for hydroxylation is 3. The lowest BCUT2D eigenvalue weighted by atomic mass is 10.0. The molecule has 0 unspecified atom stereocenters. The first kappa shape index (κ1) is 20.1. The molecule has 0 atom stereocenters. The van der Waals surface area contributed by atoms with Gasteiger partial charge in [-0.1, -0.05) is 38.3 Å². The van der Waals surface area contributed by atoms with E-state index < -0.39 is 5.82 Å². The number of nitrogens with one attached hydrogen (secondary N) is 1. The highest BCUT2D eigenvalue weighted by Gasteiger charge is 2.17. The van der Waals surface area contributed by atoms with Gasteiger partial charge in [0.05, 0.1) is 16.9 Å². The topological polar surface area (TPSA) is 64.2 Å². The van der Waals surface area contributed by atoms with Crippen molar-refractivity contribution in [2.45, 2.75) is 46.0 Å². The Labute approximate surface area is 174 Å². The molecule has 0 bridgehead atoms. The predicted octanol–water partition coefficient (Wildman–Crippen LogP) is 5.04. The van der Waals surface area contributed by atoms with Crippen LogP contribution in [0.5, 0.6) is 0 Å². The quantitative estimate of drug-likeness (QED) is 0.436. The van der Waals surface area contributed by atoms with Crippen molar-refractivity contribution in [1.82, 2.24) is 19.2 Å². The molecule has 0 spiro atoms. The van der Waals surface area contributed by atoms with Gasteiger partial charge in [0, 0.05) is 36.6 Å². The molecule has 0 saturated carbocycles. The smallest absolute Gasteiger partial charge is 0.257 e. The van der Waals surface area contributed by atoms with Gasteiger partial charge in [-0.25, -0.2) is 9.37 Å². The molecule has 3 aromatic heterocycles. The maximum Gasteiger partial charge on any atom is 0.257 e. The number of carbonyl (C=O) groups is 1. The van der Waals surface area contributed by atoms with Gasteiger partial charge in [-0.2, -0.15) is 5.10 Å². The Morgan fingerprint density at radius 1 is 1.20 bits per heavy atom. The number of pyridine rings is 1. The van der Waals surface area contributed by atoms with Crippen molar-refractivity contribution in [3.63, 3.8) is 0 Å². The second-order valence-corrected chi connectivity index (χ2v) is 7.73. The fourth-order valence-corrected chi connectivity index (χ4v) is 3.91. The minimum atomic E-state index is -0.480. The molecule has 0 aliphatic rings. The standard InChI is InChI=1S/C23H26FN5O/c1-4-5-6-7-11-20-17-9-8-10-18(21(17)27-28(20)3)23(30)26-16-12-19(24)22-25-15(2)13-29(22)14-16/h8-10,12-14H,4-7,11H2,1-3H3,(H,26,30). The number of fused-ring (bicyclic) bond motifs is 2. The molecule has 4 aromatic rings. The molecule has 0 radical (unpaired) electrons. The molecular formula is C23H26FN5O. The van der Waals surface area contributed by atoms with E-state index in [2.05, 4.69) is 22.3 Å². The number of amides is 1. The summed E-state index contributed by atoms with van der Waals surface area (Å²) in [5.74, 6) is -0.793. The third-order valence-corrected chi connectivity index (χ3v) is 5.38. The van der Waals surface area contributed by atoms with E-state index in [-0.39, 0.29) is 11.6 Å². The Bertz CT molecular complexity index is 1220. The van der Waals surface area contributed by atoms with Crippen LogP contribution >= 0.6 is 0 Å². The Kier molecular flexibility index (Phi) is 5.53. The first-order valence-electron chi connectivity index (χ1n) is 10.4. The highest BCUT2D eigenvalue weighted by atomic mass is 19.1. The average Bonchev–Trinajstić information content (AvgIpc) is 3.24. The van der Waals surface area contributed by atoms with E-state index in [1.54, 1.807) is 29.8 Å². The van der Waals surface area contributed by atoms with E-state index in [4.69, 9.17) is 0 Å². The summed E-state index contributed by atoms with van der Waals surface area (Å²) in [6.07, 6.45) is 9.02. The van der Waals surface area contributed by atoms with Crippen molar-refractivity contribution in [2.24, 2.45) is 7.05 Å². The summed E-state index contributed by atoms with van der Waals surface area (Å²) in [5.41, 5.74) is 3.60. The van der Waals surface area contributed by atoms with Gasteiger partial charge in [0.2, 0.25) is 0 Å². The van der Waals surface area contributed by atoms with Crippen LogP contribution in [0.3, 0.4) is 0 Å². The van der Waals surface area contributed by atoms with Gasteiger partial charge < -0.3 is 9.72 Å². The van der Waals surface area contributed by atoms with Gasteiger partial charge in [-0.05, 0) is 25.8 Å². The molecule has 1 aromatic carbocycles. The lowest BCUT2D eigenvalue weighted by Gasteiger charge is -2.07. The third kappa shape index (κ3) is 3.79. The molecule has 0 saturated heterocycles. The molecule has 6 nitrogen and oxygen atoms in total. The molecule has 0 aliphatic carbocycles. The monoisotopic (exact) mass is 407 g/mol. The molecule has 1 N–H and O–H groups in total. The Morgan fingerprint density at radius 2 is 2.03 bits per heavy atom. The number of hydrogen-bond donors (Lipinski definition) is 1. The molecule has 0 aliphatic heterocycles. The number of anilines is 1. The van der Waals surface area contributed by atoms with Crippen molar-refractivity contribution in [3.05, 3.63) is 59.4 Å². The fourth-order valence-electron chi connectivity index (χ4n) is 3.91. The Hall–Kier alpha value is -3.22. The molecular weight excluding hydrogens is 381 g/mol. The first-order valence-corrected chi connectivity index (χ1v) is 10.4. The van der Waals surface area contributed by atoms with Gasteiger partial charge in [0.25, 0.3) is 5.91 Å². The van der Waals surface area contributed by atoms with Crippen molar-refractivity contribution in [2.75, 3.05) is 5.32 Å². The summed E-state index contributed by atoms with van der Waals surface area (Å²) in [5, 5.41) is 8.41. The van der Waals surface area contributed by atoms with Crippen molar-refractivity contribution in [3.8, 4) is 0 Å². The normalized spacial score (nSPS) is 11.5. The number of carbonyl (C=O) groups excluding carboxylic acids is 1. The average molecular weight is 407 g/mol. The number of hydrogen-bond acceptors (Lipinski definition) is 3. The number of halogens is 1. The summed E-state index contributed by atoms with van der Waals surface area (Å²) in [6, 6.07) is 6.92. The first-order chi connectivity index (χ1) is 14.5. The van der Waals surface area contributed by atoms with E-state index in [1.165, 1.54) is 25.3 Å². The summed E-state index contributed by atoms with van der Waals surface area (Å²) in [7, 11) is 1.92. The van der Waals surface area contributed by atoms with Crippen LogP contribution in [0.1, 0.15) is 54.4 Å². The molecule has 0 fully saturated rings. The van der Waals surface area contributed by atoms with E-state index in [0.29, 0.717) is 22.5 Å². The predicted molar refractivity (Wildman–Crippen MR) is 116 cm³/mol. The lowest BCUT2D eigenvalue weighted by Crippen LogP contribution is -2.13. The summed E-state index contributed by atoms with van der Waals surface area (Å²) in [4.78, 5) is 17.1. The van der Waals surface area contributed by atoms with E-state index in [9.17, 15) is 9.18 Å². The Balaban J connectivity index is 1.62. The van der Waals surface area contributed by atoms with Crippen LogP contribution in [0.25, 0.3) is 16.6 Å². The van der Waals surface area contributed by atoms with Crippen LogP contribution in [-0.2, 0) is 13.5 Å². The molecule has 3 heterocycles. The fraction of sp³-hybridized carbons (Fsp3) is 0.348. The number of rotatable bonds is 7. The number of imidazole rings is 1. The molecule has 4 rings (SSSR count). The van der Waals surface area contributed by atoms with Crippen LogP contribution < -0.4 is 5.32 Å². The van der Waals surface area contributed by atoms with Crippen molar-refractivity contribution in [1.29, 1.82) is 0 Å². The van der Waals surface area contributed by atoms with Gasteiger partial charge in [-0.3, -0.25) is 9.48 Å². The second-order valence-electron chi connectivity index (χ2n) is 7.73. The molecule has 1 amide bonds. The summed E-state index contributed by atoms with van der Waals surface area (Å²) in [6.45, 7) is 3.99. The van der Waals surface area contributed by atoms with Gasteiger partial charge in [-0.15, -0.1) is 0 Å². The summed E-state index contributed by atoms with van der Waals surface area (Å²) >= 11 is 0. The zero-order valence-electron chi connectivity index (χ0n) is 17.6. The Morgan fingerprint density at radius 3 is 2.83 bits per heavy atom. The maximum atomic E-state index is 14.3. The lowest BCUT2D eigenvalue weighted by molar-refractivity contribution is 0.102. The third-order valence-electron chi connectivity index (χ3n) is 5.38.